The van der Waals surface area contributed by atoms with Crippen LogP contribution in [0.4, 0.5) is 4.39 Å². The largest absolute Gasteiger partial charge is 0.331 e. The zero-order valence-electron chi connectivity index (χ0n) is 11.2. The van der Waals surface area contributed by atoms with E-state index in [1.807, 2.05) is 40.4 Å². The van der Waals surface area contributed by atoms with Gasteiger partial charge in [0.1, 0.15) is 5.82 Å². The molecule has 1 aliphatic rings. The Morgan fingerprint density at radius 2 is 2.05 bits per heavy atom. The maximum absolute atomic E-state index is 13.8. The van der Waals surface area contributed by atoms with Gasteiger partial charge in [0.15, 0.2) is 4.77 Å². The fraction of sp³-hybridized carbons (Fsp3) is 0.500. The summed E-state index contributed by atoms with van der Waals surface area (Å²) in [6.07, 6.45) is 6.86. The molecule has 1 saturated carbocycles. The zero-order chi connectivity index (χ0) is 14.3. The minimum absolute atomic E-state index is 0.168. The van der Waals surface area contributed by atoms with Gasteiger partial charge in [-0.25, -0.2) is 4.39 Å². The van der Waals surface area contributed by atoms with Crippen molar-refractivity contribution < 1.29 is 4.39 Å². The summed E-state index contributed by atoms with van der Waals surface area (Å²) >= 11 is 9.42. The molecule has 1 aromatic carbocycles. The van der Waals surface area contributed by atoms with Gasteiger partial charge in [-0.2, -0.15) is 11.8 Å². The van der Waals surface area contributed by atoms with Gasteiger partial charge >= 0.3 is 0 Å². The standard InChI is InChI=1S/C14H16FIN2S2/c1-20-9-4-2-8(3-5-9)18-13-6-10(15)11(16)7-12(13)17-14(18)19/h6-9H,2-5H2,1H3,(H,17,19). The van der Waals surface area contributed by atoms with Crippen molar-refractivity contribution in [1.29, 1.82) is 0 Å². The lowest BCUT2D eigenvalue weighted by molar-refractivity contribution is 0.364. The van der Waals surface area contributed by atoms with Gasteiger partial charge in [-0.15, -0.1) is 0 Å². The minimum atomic E-state index is -0.168. The second-order valence-electron chi connectivity index (χ2n) is 5.25. The summed E-state index contributed by atoms with van der Waals surface area (Å²) < 4.78 is 17.3. The molecule has 0 radical (unpaired) electrons. The molecule has 6 heteroatoms. The molecule has 108 valence electrons. The molecule has 20 heavy (non-hydrogen) atoms. The van der Waals surface area contributed by atoms with Gasteiger partial charge in [-0.3, -0.25) is 0 Å². The molecular formula is C14H16FIN2S2. The molecule has 1 aliphatic carbocycles. The van der Waals surface area contributed by atoms with Gasteiger partial charge in [-0.05, 0) is 72.8 Å². The van der Waals surface area contributed by atoms with E-state index < -0.39 is 0 Å². The predicted octanol–water partition coefficient (Wildman–Crippen LogP) is 5.29. The fourth-order valence-corrected chi connectivity index (χ4v) is 4.59. The lowest BCUT2D eigenvalue weighted by atomic mass is 9.94. The number of nitrogens with zero attached hydrogens (tertiary/aromatic N) is 1. The lowest BCUT2D eigenvalue weighted by Crippen LogP contribution is -2.19. The molecule has 1 fully saturated rings. The number of thioether (sulfide) groups is 1. The molecule has 1 aromatic heterocycles. The van der Waals surface area contributed by atoms with E-state index in [9.17, 15) is 4.39 Å². The normalized spacial score (nSPS) is 23.4. The third kappa shape index (κ3) is 2.66. The summed E-state index contributed by atoms with van der Waals surface area (Å²) in [6.45, 7) is 0. The number of imidazole rings is 1. The van der Waals surface area contributed by atoms with Gasteiger partial charge in [0, 0.05) is 17.4 Å². The molecule has 0 unspecified atom stereocenters. The maximum Gasteiger partial charge on any atom is 0.178 e. The molecule has 1 heterocycles. The lowest BCUT2D eigenvalue weighted by Gasteiger charge is -2.28. The molecule has 0 atom stereocenters. The van der Waals surface area contributed by atoms with Crippen LogP contribution < -0.4 is 0 Å². The highest BCUT2D eigenvalue weighted by atomic mass is 127. The second kappa shape index (κ2) is 5.96. The molecule has 2 nitrogen and oxygen atoms in total. The molecule has 0 saturated heterocycles. The number of benzene rings is 1. The summed E-state index contributed by atoms with van der Waals surface area (Å²) in [4.78, 5) is 3.22. The first-order chi connectivity index (χ1) is 9.60. The average Bonchev–Trinajstić information content (AvgIpc) is 2.75. The minimum Gasteiger partial charge on any atom is -0.331 e. The summed E-state index contributed by atoms with van der Waals surface area (Å²) in [5.74, 6) is -0.168. The topological polar surface area (TPSA) is 20.7 Å². The highest BCUT2D eigenvalue weighted by molar-refractivity contribution is 14.1. The number of halogens is 2. The molecule has 0 amide bonds. The van der Waals surface area contributed by atoms with Gasteiger partial charge < -0.3 is 9.55 Å². The van der Waals surface area contributed by atoms with Crippen LogP contribution in [0.5, 0.6) is 0 Å². The number of aromatic nitrogens is 2. The highest BCUT2D eigenvalue weighted by Gasteiger charge is 2.24. The van der Waals surface area contributed by atoms with Crippen LogP contribution in [0.25, 0.3) is 11.0 Å². The van der Waals surface area contributed by atoms with E-state index in [1.54, 1.807) is 6.07 Å². The van der Waals surface area contributed by atoms with Crippen molar-refractivity contribution >= 4 is 57.6 Å². The summed E-state index contributed by atoms with van der Waals surface area (Å²) in [7, 11) is 0. The number of aromatic amines is 1. The van der Waals surface area contributed by atoms with E-state index in [4.69, 9.17) is 12.2 Å². The third-order valence-corrected chi connectivity index (χ3v) is 6.36. The van der Waals surface area contributed by atoms with Crippen LogP contribution in [0.1, 0.15) is 31.7 Å². The Morgan fingerprint density at radius 1 is 1.35 bits per heavy atom. The van der Waals surface area contributed by atoms with E-state index in [2.05, 4.69) is 15.8 Å². The molecule has 0 aliphatic heterocycles. The molecule has 2 aromatic rings. The number of H-pyrrole nitrogens is 1. The predicted molar refractivity (Wildman–Crippen MR) is 94.6 cm³/mol. The number of rotatable bonds is 2. The smallest absolute Gasteiger partial charge is 0.178 e. The highest BCUT2D eigenvalue weighted by Crippen LogP contribution is 2.36. The number of hydrogen-bond acceptors (Lipinski definition) is 2. The van der Waals surface area contributed by atoms with Crippen molar-refractivity contribution in [3.8, 4) is 0 Å². The first-order valence-corrected chi connectivity index (χ1v) is 9.49. The van der Waals surface area contributed by atoms with E-state index in [1.165, 1.54) is 12.8 Å². The Labute approximate surface area is 140 Å². The quantitative estimate of drug-likeness (QED) is 0.525. The molecular weight excluding hydrogens is 406 g/mol. The van der Waals surface area contributed by atoms with E-state index in [0.29, 0.717) is 14.4 Å². The van der Waals surface area contributed by atoms with Crippen LogP contribution in [0.2, 0.25) is 0 Å². The van der Waals surface area contributed by atoms with Crippen LogP contribution in [0.3, 0.4) is 0 Å². The van der Waals surface area contributed by atoms with Crippen LogP contribution >= 0.6 is 46.6 Å². The Morgan fingerprint density at radius 3 is 2.70 bits per heavy atom. The Kier molecular flexibility index (Phi) is 4.42. The second-order valence-corrected chi connectivity index (χ2v) is 7.94. The molecule has 0 spiro atoms. The first kappa shape index (κ1) is 14.8. The van der Waals surface area contributed by atoms with Crippen molar-refractivity contribution in [1.82, 2.24) is 9.55 Å². The molecule has 1 N–H and O–H groups in total. The fourth-order valence-electron chi connectivity index (χ4n) is 3.02. The van der Waals surface area contributed by atoms with Crippen LogP contribution in [-0.4, -0.2) is 21.1 Å². The number of fused-ring (bicyclic) bond motifs is 1. The maximum atomic E-state index is 13.8. The van der Waals surface area contributed by atoms with Gasteiger partial charge in [0.05, 0.1) is 14.6 Å². The molecule has 3 rings (SSSR count). The van der Waals surface area contributed by atoms with Gasteiger partial charge in [0.2, 0.25) is 0 Å². The SMILES string of the molecule is CSC1CCC(n2c(=S)[nH]c3cc(I)c(F)cc32)CC1. The summed E-state index contributed by atoms with van der Waals surface area (Å²) in [6, 6.07) is 3.86. The number of nitrogens with one attached hydrogen (secondary N) is 1. The Balaban J connectivity index is 2.01. The Bertz CT molecular complexity index is 686. The first-order valence-electron chi connectivity index (χ1n) is 6.72. The van der Waals surface area contributed by atoms with E-state index in [0.717, 1.165) is 29.1 Å². The van der Waals surface area contributed by atoms with Crippen molar-refractivity contribution in [2.45, 2.75) is 37.0 Å². The monoisotopic (exact) mass is 422 g/mol. The molecule has 0 bridgehead atoms. The van der Waals surface area contributed by atoms with E-state index in [-0.39, 0.29) is 5.82 Å². The van der Waals surface area contributed by atoms with Crippen molar-refractivity contribution in [2.24, 2.45) is 0 Å². The van der Waals surface area contributed by atoms with Gasteiger partial charge in [-0.1, -0.05) is 0 Å². The average molecular weight is 422 g/mol. The van der Waals surface area contributed by atoms with E-state index >= 15 is 0 Å². The zero-order valence-corrected chi connectivity index (χ0v) is 14.9. The summed E-state index contributed by atoms with van der Waals surface area (Å²) in [5, 5.41) is 0.767. The van der Waals surface area contributed by atoms with Gasteiger partial charge in [0.25, 0.3) is 0 Å². The van der Waals surface area contributed by atoms with Crippen LogP contribution in [0.15, 0.2) is 12.1 Å². The Hall–Kier alpha value is -0.0800. The third-order valence-electron chi connectivity index (χ3n) is 4.10. The van der Waals surface area contributed by atoms with Crippen LogP contribution in [0, 0.1) is 14.2 Å². The van der Waals surface area contributed by atoms with Crippen molar-refractivity contribution in [3.63, 3.8) is 0 Å². The van der Waals surface area contributed by atoms with Crippen molar-refractivity contribution in [2.75, 3.05) is 6.26 Å². The number of hydrogen-bond donors (Lipinski definition) is 1. The van der Waals surface area contributed by atoms with Crippen LogP contribution in [-0.2, 0) is 0 Å². The van der Waals surface area contributed by atoms with Crippen molar-refractivity contribution in [3.05, 3.63) is 26.3 Å². The summed E-state index contributed by atoms with van der Waals surface area (Å²) in [5.41, 5.74) is 1.84.